The summed E-state index contributed by atoms with van der Waals surface area (Å²) in [5, 5.41) is 7.22. The van der Waals surface area contributed by atoms with E-state index in [1.165, 1.54) is 0 Å². The average Bonchev–Trinajstić information content (AvgIpc) is 2.76. The van der Waals surface area contributed by atoms with Crippen LogP contribution in [0, 0.1) is 0 Å². The van der Waals surface area contributed by atoms with Gasteiger partial charge in [-0.1, -0.05) is 30.7 Å². The SMILES string of the molecule is CCNCc1nc(-c2ccc(Cl)cc2)cs1. The van der Waals surface area contributed by atoms with Crippen LogP contribution < -0.4 is 5.32 Å². The van der Waals surface area contributed by atoms with E-state index < -0.39 is 0 Å². The Labute approximate surface area is 104 Å². The van der Waals surface area contributed by atoms with Crippen molar-refractivity contribution in [1.29, 1.82) is 0 Å². The van der Waals surface area contributed by atoms with Gasteiger partial charge in [-0.15, -0.1) is 11.3 Å². The molecule has 0 unspecified atom stereocenters. The third-order valence-corrected chi connectivity index (χ3v) is 3.32. The first-order valence-corrected chi connectivity index (χ1v) is 6.46. The van der Waals surface area contributed by atoms with Gasteiger partial charge in [-0.2, -0.15) is 0 Å². The standard InChI is InChI=1S/C12H13ClN2S/c1-2-14-7-12-15-11(8-16-12)9-3-5-10(13)6-4-9/h3-6,8,14H,2,7H2,1H3. The molecule has 2 nitrogen and oxygen atoms in total. The summed E-state index contributed by atoms with van der Waals surface area (Å²) < 4.78 is 0. The lowest BCUT2D eigenvalue weighted by Gasteiger charge is -1.97. The molecule has 0 saturated heterocycles. The first kappa shape index (κ1) is 11.6. The Balaban J connectivity index is 2.15. The second-order valence-corrected chi connectivity index (χ2v) is 4.79. The molecule has 1 aromatic heterocycles. The van der Waals surface area contributed by atoms with Gasteiger partial charge in [0.1, 0.15) is 5.01 Å². The number of aromatic nitrogens is 1. The fraction of sp³-hybridized carbons (Fsp3) is 0.250. The van der Waals surface area contributed by atoms with Crippen LogP contribution in [0.1, 0.15) is 11.9 Å². The van der Waals surface area contributed by atoms with Gasteiger partial charge in [-0.3, -0.25) is 0 Å². The van der Waals surface area contributed by atoms with Gasteiger partial charge < -0.3 is 5.32 Å². The third-order valence-electron chi connectivity index (χ3n) is 2.22. The van der Waals surface area contributed by atoms with Crippen molar-refractivity contribution < 1.29 is 0 Å². The molecule has 0 saturated carbocycles. The van der Waals surface area contributed by atoms with Gasteiger partial charge in [0.2, 0.25) is 0 Å². The van der Waals surface area contributed by atoms with E-state index in [-0.39, 0.29) is 0 Å². The van der Waals surface area contributed by atoms with Gasteiger partial charge in [0.25, 0.3) is 0 Å². The van der Waals surface area contributed by atoms with Crippen molar-refractivity contribution in [3.05, 3.63) is 39.7 Å². The Morgan fingerprint density at radius 2 is 2.06 bits per heavy atom. The second kappa shape index (κ2) is 5.43. The molecule has 0 aliphatic carbocycles. The fourth-order valence-electron chi connectivity index (χ4n) is 1.38. The van der Waals surface area contributed by atoms with E-state index in [9.17, 15) is 0 Å². The van der Waals surface area contributed by atoms with Crippen molar-refractivity contribution >= 4 is 22.9 Å². The minimum atomic E-state index is 0.756. The number of rotatable bonds is 4. The van der Waals surface area contributed by atoms with Gasteiger partial charge >= 0.3 is 0 Å². The second-order valence-electron chi connectivity index (χ2n) is 3.41. The van der Waals surface area contributed by atoms with E-state index in [1.54, 1.807) is 11.3 Å². The molecule has 1 aromatic carbocycles. The number of nitrogens with one attached hydrogen (secondary N) is 1. The zero-order valence-corrected chi connectivity index (χ0v) is 10.6. The van der Waals surface area contributed by atoms with Gasteiger partial charge in [0.05, 0.1) is 5.69 Å². The first-order valence-electron chi connectivity index (χ1n) is 5.20. The number of halogens is 1. The molecule has 0 bridgehead atoms. The summed E-state index contributed by atoms with van der Waals surface area (Å²) in [6.45, 7) is 3.90. The molecular weight excluding hydrogens is 240 g/mol. The number of benzene rings is 1. The summed E-state index contributed by atoms with van der Waals surface area (Å²) in [6.07, 6.45) is 0. The smallest absolute Gasteiger partial charge is 0.107 e. The van der Waals surface area contributed by atoms with E-state index >= 15 is 0 Å². The Morgan fingerprint density at radius 1 is 1.31 bits per heavy atom. The van der Waals surface area contributed by atoms with Crippen LogP contribution in [-0.4, -0.2) is 11.5 Å². The Hall–Kier alpha value is -0.900. The molecule has 0 radical (unpaired) electrons. The average molecular weight is 253 g/mol. The monoisotopic (exact) mass is 252 g/mol. The molecule has 0 amide bonds. The molecule has 0 fully saturated rings. The van der Waals surface area contributed by atoms with Crippen LogP contribution in [0.5, 0.6) is 0 Å². The fourth-order valence-corrected chi connectivity index (χ4v) is 2.28. The number of thiazole rings is 1. The molecule has 1 N–H and O–H groups in total. The van der Waals surface area contributed by atoms with Crippen LogP contribution in [0.2, 0.25) is 5.02 Å². The molecule has 1 heterocycles. The molecule has 16 heavy (non-hydrogen) atoms. The van der Waals surface area contributed by atoms with Crippen molar-refractivity contribution in [2.75, 3.05) is 6.54 Å². The maximum atomic E-state index is 5.85. The van der Waals surface area contributed by atoms with E-state index in [1.807, 2.05) is 24.3 Å². The summed E-state index contributed by atoms with van der Waals surface area (Å²) in [5.74, 6) is 0. The van der Waals surface area contributed by atoms with E-state index in [2.05, 4.69) is 22.6 Å². The predicted molar refractivity (Wildman–Crippen MR) is 69.9 cm³/mol. The highest BCUT2D eigenvalue weighted by Gasteiger charge is 2.03. The van der Waals surface area contributed by atoms with Crippen LogP contribution in [0.15, 0.2) is 29.6 Å². The molecular formula is C12H13ClN2S. The van der Waals surface area contributed by atoms with Gasteiger partial charge in [0.15, 0.2) is 0 Å². The number of hydrogen-bond donors (Lipinski definition) is 1. The Bertz CT molecular complexity index is 450. The summed E-state index contributed by atoms with van der Waals surface area (Å²) in [4.78, 5) is 4.56. The molecule has 0 aliphatic rings. The number of hydrogen-bond acceptors (Lipinski definition) is 3. The van der Waals surface area contributed by atoms with Crippen molar-refractivity contribution in [3.63, 3.8) is 0 Å². The molecule has 0 spiro atoms. The molecule has 0 aliphatic heterocycles. The van der Waals surface area contributed by atoms with Crippen LogP contribution in [0.3, 0.4) is 0 Å². The van der Waals surface area contributed by atoms with Gasteiger partial charge in [-0.05, 0) is 18.7 Å². The summed E-state index contributed by atoms with van der Waals surface area (Å²) in [6, 6.07) is 7.77. The maximum absolute atomic E-state index is 5.85. The molecule has 0 atom stereocenters. The highest BCUT2D eigenvalue weighted by atomic mass is 35.5. The topological polar surface area (TPSA) is 24.9 Å². The quantitative estimate of drug-likeness (QED) is 0.900. The Morgan fingerprint density at radius 3 is 2.75 bits per heavy atom. The third kappa shape index (κ3) is 2.82. The van der Waals surface area contributed by atoms with Crippen molar-refractivity contribution in [2.45, 2.75) is 13.5 Å². The lowest BCUT2D eigenvalue weighted by atomic mass is 10.2. The highest BCUT2D eigenvalue weighted by Crippen LogP contribution is 2.23. The Kier molecular flexibility index (Phi) is 3.93. The summed E-state index contributed by atoms with van der Waals surface area (Å²) in [7, 11) is 0. The van der Waals surface area contributed by atoms with E-state index in [0.29, 0.717) is 0 Å². The van der Waals surface area contributed by atoms with Crippen molar-refractivity contribution in [2.24, 2.45) is 0 Å². The zero-order chi connectivity index (χ0) is 11.4. The largest absolute Gasteiger partial charge is 0.311 e. The predicted octanol–water partition coefficient (Wildman–Crippen LogP) is 3.57. The highest BCUT2D eigenvalue weighted by molar-refractivity contribution is 7.09. The minimum Gasteiger partial charge on any atom is -0.311 e. The van der Waals surface area contributed by atoms with Crippen LogP contribution in [-0.2, 0) is 6.54 Å². The summed E-state index contributed by atoms with van der Waals surface area (Å²) >= 11 is 7.53. The van der Waals surface area contributed by atoms with Crippen LogP contribution in [0.25, 0.3) is 11.3 Å². The van der Waals surface area contributed by atoms with E-state index in [4.69, 9.17) is 11.6 Å². The zero-order valence-electron chi connectivity index (χ0n) is 9.03. The first-order chi connectivity index (χ1) is 7.79. The lowest BCUT2D eigenvalue weighted by molar-refractivity contribution is 0.723. The maximum Gasteiger partial charge on any atom is 0.107 e. The molecule has 4 heteroatoms. The van der Waals surface area contributed by atoms with Crippen LogP contribution in [0.4, 0.5) is 0 Å². The summed E-state index contributed by atoms with van der Waals surface area (Å²) in [5.41, 5.74) is 2.14. The molecule has 2 rings (SSSR count). The number of nitrogens with zero attached hydrogens (tertiary/aromatic N) is 1. The van der Waals surface area contributed by atoms with E-state index in [0.717, 1.165) is 34.4 Å². The minimum absolute atomic E-state index is 0.756. The normalized spacial score (nSPS) is 10.6. The lowest BCUT2D eigenvalue weighted by Crippen LogP contribution is -2.11. The molecule has 84 valence electrons. The van der Waals surface area contributed by atoms with Gasteiger partial charge in [0, 0.05) is 22.5 Å². The van der Waals surface area contributed by atoms with Crippen LogP contribution >= 0.6 is 22.9 Å². The molecule has 2 aromatic rings. The van der Waals surface area contributed by atoms with Crippen molar-refractivity contribution in [3.8, 4) is 11.3 Å². The van der Waals surface area contributed by atoms with Gasteiger partial charge in [-0.25, -0.2) is 4.98 Å². The van der Waals surface area contributed by atoms with Crippen molar-refractivity contribution in [1.82, 2.24) is 10.3 Å².